The van der Waals surface area contributed by atoms with Crippen LogP contribution in [0.3, 0.4) is 0 Å². The highest BCUT2D eigenvalue weighted by molar-refractivity contribution is 7.71. The van der Waals surface area contributed by atoms with Gasteiger partial charge in [-0.25, -0.2) is 5.10 Å². The zero-order valence-corrected chi connectivity index (χ0v) is 13.7. The van der Waals surface area contributed by atoms with Crippen LogP contribution in [-0.2, 0) is 0 Å². The molecule has 0 saturated heterocycles. The van der Waals surface area contributed by atoms with Crippen molar-refractivity contribution in [3.05, 3.63) is 50.9 Å². The minimum Gasteiger partial charge on any atom is -0.497 e. The number of methoxy groups -OCH3 is 1. The van der Waals surface area contributed by atoms with Crippen LogP contribution < -0.4 is 4.74 Å². The molecular formula is C15H14N4OS2. The first-order valence-corrected chi connectivity index (χ1v) is 7.82. The number of aryl methyl sites for hydroxylation is 1. The van der Waals surface area contributed by atoms with E-state index in [1.165, 1.54) is 4.88 Å². The molecule has 5 nitrogen and oxygen atoms in total. The van der Waals surface area contributed by atoms with Crippen LogP contribution in [-0.4, -0.2) is 28.2 Å². The Bertz CT molecular complexity index is 876. The van der Waals surface area contributed by atoms with Crippen molar-refractivity contribution >= 4 is 29.8 Å². The van der Waals surface area contributed by atoms with Crippen LogP contribution in [0.15, 0.2) is 41.5 Å². The molecule has 0 aliphatic heterocycles. The highest BCUT2D eigenvalue weighted by Crippen LogP contribution is 2.22. The number of ether oxygens (including phenoxy) is 1. The van der Waals surface area contributed by atoms with Crippen molar-refractivity contribution in [3.8, 4) is 17.1 Å². The SMILES string of the molecule is COc1cccc(-c2n[nH]c(=S)n2/N=C/c2ccc(C)s2)c1. The molecular weight excluding hydrogens is 316 g/mol. The van der Waals surface area contributed by atoms with Crippen LogP contribution in [0.5, 0.6) is 5.75 Å². The largest absolute Gasteiger partial charge is 0.497 e. The minimum absolute atomic E-state index is 0.447. The van der Waals surface area contributed by atoms with Gasteiger partial charge in [-0.1, -0.05) is 12.1 Å². The summed E-state index contributed by atoms with van der Waals surface area (Å²) in [5.74, 6) is 1.41. The Balaban J connectivity index is 2.00. The summed E-state index contributed by atoms with van der Waals surface area (Å²) in [6.07, 6.45) is 1.78. The molecule has 0 spiro atoms. The summed E-state index contributed by atoms with van der Waals surface area (Å²) in [5.41, 5.74) is 0.881. The van der Waals surface area contributed by atoms with E-state index < -0.39 is 0 Å². The molecule has 7 heteroatoms. The van der Waals surface area contributed by atoms with E-state index in [0.29, 0.717) is 10.6 Å². The molecule has 2 heterocycles. The number of aromatic amines is 1. The summed E-state index contributed by atoms with van der Waals surface area (Å²) in [6, 6.07) is 11.7. The Kier molecular flexibility index (Phi) is 4.17. The number of nitrogens with zero attached hydrogens (tertiary/aromatic N) is 3. The third-order valence-corrected chi connectivity index (χ3v) is 4.24. The van der Waals surface area contributed by atoms with Crippen LogP contribution in [0.25, 0.3) is 11.4 Å². The molecule has 1 aromatic carbocycles. The monoisotopic (exact) mass is 330 g/mol. The van der Waals surface area contributed by atoms with Crippen LogP contribution >= 0.6 is 23.6 Å². The fraction of sp³-hybridized carbons (Fsp3) is 0.133. The van der Waals surface area contributed by atoms with Crippen LogP contribution in [0.1, 0.15) is 9.75 Å². The molecule has 112 valence electrons. The number of benzene rings is 1. The third kappa shape index (κ3) is 3.00. The van der Waals surface area contributed by atoms with Gasteiger partial charge in [0.2, 0.25) is 4.77 Å². The van der Waals surface area contributed by atoms with E-state index in [9.17, 15) is 0 Å². The van der Waals surface area contributed by atoms with Gasteiger partial charge >= 0.3 is 0 Å². The molecule has 0 radical (unpaired) electrons. The molecule has 0 saturated carbocycles. The lowest BCUT2D eigenvalue weighted by Crippen LogP contribution is -1.95. The number of hydrogen-bond donors (Lipinski definition) is 1. The highest BCUT2D eigenvalue weighted by Gasteiger charge is 2.09. The number of H-pyrrole nitrogens is 1. The van der Waals surface area contributed by atoms with Crippen molar-refractivity contribution in [3.63, 3.8) is 0 Å². The Morgan fingerprint density at radius 3 is 2.95 bits per heavy atom. The summed E-state index contributed by atoms with van der Waals surface area (Å²) in [7, 11) is 1.63. The van der Waals surface area contributed by atoms with Gasteiger partial charge in [0, 0.05) is 15.3 Å². The lowest BCUT2D eigenvalue weighted by atomic mass is 10.2. The second-order valence-corrected chi connectivity index (χ2v) is 6.30. The first kappa shape index (κ1) is 14.7. The van der Waals surface area contributed by atoms with Gasteiger partial charge in [0.15, 0.2) is 5.82 Å². The Hall–Kier alpha value is -2.25. The van der Waals surface area contributed by atoms with Crippen LogP contribution in [0, 0.1) is 11.7 Å². The second-order valence-electron chi connectivity index (χ2n) is 4.59. The standard InChI is InChI=1S/C15H14N4OS2/c1-10-6-7-13(22-10)9-16-19-14(17-18-15(19)21)11-4-3-5-12(8-11)20-2/h3-9H,1-2H3,(H,18,21)/b16-9+. The first-order valence-electron chi connectivity index (χ1n) is 6.60. The molecule has 22 heavy (non-hydrogen) atoms. The number of nitrogens with one attached hydrogen (secondary N) is 1. The van der Waals surface area contributed by atoms with Gasteiger partial charge in [0.05, 0.1) is 13.3 Å². The molecule has 0 atom stereocenters. The lowest BCUT2D eigenvalue weighted by Gasteiger charge is -2.03. The van der Waals surface area contributed by atoms with E-state index >= 15 is 0 Å². The second kappa shape index (κ2) is 6.25. The summed E-state index contributed by atoms with van der Waals surface area (Å²) < 4.78 is 7.30. The molecule has 0 bridgehead atoms. The van der Waals surface area contributed by atoms with Gasteiger partial charge in [-0.2, -0.15) is 14.9 Å². The average Bonchev–Trinajstić information content (AvgIpc) is 3.11. The van der Waals surface area contributed by atoms with Crippen LogP contribution in [0.2, 0.25) is 0 Å². The number of rotatable bonds is 4. The van der Waals surface area contributed by atoms with Gasteiger partial charge in [-0.15, -0.1) is 11.3 Å². The Morgan fingerprint density at radius 2 is 2.23 bits per heavy atom. The Labute approximate surface area is 136 Å². The molecule has 3 aromatic rings. The van der Waals surface area contributed by atoms with E-state index in [-0.39, 0.29) is 0 Å². The zero-order valence-electron chi connectivity index (χ0n) is 12.1. The molecule has 3 rings (SSSR count). The molecule has 0 aliphatic carbocycles. The fourth-order valence-electron chi connectivity index (χ4n) is 1.99. The quantitative estimate of drug-likeness (QED) is 0.583. The zero-order chi connectivity index (χ0) is 15.5. The van der Waals surface area contributed by atoms with E-state index in [2.05, 4.69) is 28.3 Å². The van der Waals surface area contributed by atoms with Crippen molar-refractivity contribution in [2.45, 2.75) is 6.92 Å². The van der Waals surface area contributed by atoms with Gasteiger partial charge in [-0.05, 0) is 43.4 Å². The van der Waals surface area contributed by atoms with Crippen molar-refractivity contribution in [1.29, 1.82) is 0 Å². The summed E-state index contributed by atoms with van der Waals surface area (Å²) in [6.45, 7) is 2.06. The Morgan fingerprint density at radius 1 is 1.36 bits per heavy atom. The smallest absolute Gasteiger partial charge is 0.216 e. The third-order valence-electron chi connectivity index (χ3n) is 3.04. The van der Waals surface area contributed by atoms with E-state index in [1.54, 1.807) is 29.3 Å². The van der Waals surface area contributed by atoms with Crippen molar-refractivity contribution < 1.29 is 4.74 Å². The maximum Gasteiger partial charge on any atom is 0.216 e. The van der Waals surface area contributed by atoms with Gasteiger partial charge < -0.3 is 4.74 Å². The lowest BCUT2D eigenvalue weighted by molar-refractivity contribution is 0.415. The first-order chi connectivity index (χ1) is 10.7. The van der Waals surface area contributed by atoms with Gasteiger partial charge in [-0.3, -0.25) is 0 Å². The van der Waals surface area contributed by atoms with Crippen LogP contribution in [0.4, 0.5) is 0 Å². The van der Waals surface area contributed by atoms with Crippen molar-refractivity contribution in [2.24, 2.45) is 5.10 Å². The maximum atomic E-state index is 5.26. The van der Waals surface area contributed by atoms with E-state index in [1.807, 2.05) is 30.3 Å². The molecule has 0 amide bonds. The normalized spacial score (nSPS) is 11.2. The van der Waals surface area contributed by atoms with E-state index in [0.717, 1.165) is 16.2 Å². The van der Waals surface area contributed by atoms with Gasteiger partial charge in [0.25, 0.3) is 0 Å². The maximum absolute atomic E-state index is 5.26. The number of aromatic nitrogens is 3. The van der Waals surface area contributed by atoms with Crippen molar-refractivity contribution in [1.82, 2.24) is 14.9 Å². The summed E-state index contributed by atoms with van der Waals surface area (Å²) >= 11 is 6.93. The fourth-order valence-corrected chi connectivity index (χ4v) is 2.91. The molecule has 2 aromatic heterocycles. The van der Waals surface area contributed by atoms with Gasteiger partial charge in [0.1, 0.15) is 5.75 Å². The topological polar surface area (TPSA) is 55.2 Å². The van der Waals surface area contributed by atoms with E-state index in [4.69, 9.17) is 17.0 Å². The molecule has 0 unspecified atom stereocenters. The molecule has 0 fully saturated rings. The highest BCUT2D eigenvalue weighted by atomic mass is 32.1. The predicted octanol–water partition coefficient (Wildman–Crippen LogP) is 3.87. The number of thiophene rings is 1. The predicted molar refractivity (Wildman–Crippen MR) is 91.4 cm³/mol. The summed E-state index contributed by atoms with van der Waals surface area (Å²) in [4.78, 5) is 2.31. The summed E-state index contributed by atoms with van der Waals surface area (Å²) in [5, 5.41) is 11.5. The minimum atomic E-state index is 0.447. The molecule has 0 aliphatic rings. The number of hydrogen-bond acceptors (Lipinski definition) is 5. The molecule has 1 N–H and O–H groups in total. The average molecular weight is 330 g/mol. The van der Waals surface area contributed by atoms with Crippen molar-refractivity contribution in [2.75, 3.05) is 7.11 Å².